The average molecular weight is 276 g/mol. The maximum absolute atomic E-state index is 11.8. The molecule has 2 rings (SSSR count). The van der Waals surface area contributed by atoms with Gasteiger partial charge in [0.05, 0.1) is 14.0 Å². The second-order valence-corrected chi connectivity index (χ2v) is 4.71. The topological polar surface area (TPSA) is 32.8 Å². The van der Waals surface area contributed by atoms with Gasteiger partial charge in [0.1, 0.15) is 7.63 Å². The van der Waals surface area contributed by atoms with Crippen LogP contribution < -0.4 is 0 Å². The van der Waals surface area contributed by atoms with Crippen molar-refractivity contribution in [3.8, 4) is 0 Å². The Hall–Kier alpha value is -1.49. The van der Waals surface area contributed by atoms with Crippen molar-refractivity contribution in [1.82, 2.24) is 9.96 Å². The minimum atomic E-state index is -1.54. The fraction of sp³-hybridized carbons (Fsp3) is 0.438. The lowest BCUT2D eigenvalue weighted by Gasteiger charge is -2.36. The quantitative estimate of drug-likeness (QED) is 0.558. The lowest BCUT2D eigenvalue weighted by atomic mass is 10.1. The number of hydrogen-bond acceptors (Lipinski definition) is 4. The van der Waals surface area contributed by atoms with E-state index < -0.39 is 12.3 Å². The summed E-state index contributed by atoms with van der Waals surface area (Å²) in [6.07, 6.45) is 1.05. The van der Waals surface area contributed by atoms with E-state index in [9.17, 15) is 4.79 Å². The Balaban J connectivity index is 2.02. The number of aldehydes is 1. The second kappa shape index (κ2) is 7.94. The van der Waals surface area contributed by atoms with Gasteiger partial charge >= 0.3 is 0 Å². The fourth-order valence-corrected chi connectivity index (χ4v) is 2.25. The highest BCUT2D eigenvalue weighted by molar-refractivity contribution is 5.58. The summed E-state index contributed by atoms with van der Waals surface area (Å²) in [5.74, 6) is 0. The summed E-state index contributed by atoms with van der Waals surface area (Å²) in [4.78, 5) is 19.0. The maximum atomic E-state index is 11.8. The smallest absolute Gasteiger partial charge is 0.137 e. The molecule has 0 spiro atoms. The van der Waals surface area contributed by atoms with Crippen molar-refractivity contribution in [2.45, 2.75) is 12.4 Å². The van der Waals surface area contributed by atoms with Crippen LogP contribution in [-0.2, 0) is 16.1 Å². The first-order valence-electron chi connectivity index (χ1n) is 7.85. The molecule has 108 valence electrons. The van der Waals surface area contributed by atoms with Crippen LogP contribution in [0.2, 0.25) is 0 Å². The van der Waals surface area contributed by atoms with Crippen LogP contribution in [0.25, 0.3) is 0 Å². The number of piperazine rings is 1. The van der Waals surface area contributed by atoms with Gasteiger partial charge in [-0.05, 0) is 12.0 Å². The molecule has 0 amide bonds. The van der Waals surface area contributed by atoms with Crippen LogP contribution in [0.3, 0.4) is 0 Å². The molecule has 4 nitrogen and oxygen atoms in total. The number of nitrogens with zero attached hydrogens (tertiary/aromatic N) is 2. The van der Waals surface area contributed by atoms with Crippen molar-refractivity contribution in [3.63, 3.8) is 0 Å². The lowest BCUT2D eigenvalue weighted by molar-refractivity contribution is -0.170. The summed E-state index contributed by atoms with van der Waals surface area (Å²) < 4.78 is 16.1. The van der Waals surface area contributed by atoms with Crippen LogP contribution in [0, 0.1) is 0 Å². The molecule has 1 aliphatic heterocycles. The first-order valence-corrected chi connectivity index (χ1v) is 6.85. The normalized spacial score (nSPS) is 21.6. The van der Waals surface area contributed by atoms with E-state index in [0.717, 1.165) is 5.56 Å². The number of rotatable bonds is 7. The molecule has 1 saturated heterocycles. The van der Waals surface area contributed by atoms with Gasteiger partial charge in [-0.25, -0.2) is 0 Å². The molecule has 1 aliphatic rings. The van der Waals surface area contributed by atoms with E-state index in [1.54, 1.807) is 11.0 Å². The van der Waals surface area contributed by atoms with E-state index >= 15 is 0 Å². The van der Waals surface area contributed by atoms with Gasteiger partial charge in [-0.3, -0.25) is 9.74 Å². The molecule has 0 radical (unpaired) electrons. The van der Waals surface area contributed by atoms with Crippen molar-refractivity contribution in [3.05, 3.63) is 48.6 Å². The summed E-state index contributed by atoms with van der Waals surface area (Å²) in [5.41, 5.74) is 0.892. The molecule has 1 unspecified atom stereocenters. The van der Waals surface area contributed by atoms with E-state index in [2.05, 4.69) is 6.58 Å². The Kier molecular flexibility index (Phi) is 4.87. The van der Waals surface area contributed by atoms with Crippen molar-refractivity contribution in [1.29, 1.82) is 0 Å². The van der Waals surface area contributed by atoms with E-state index in [1.165, 1.54) is 0 Å². The van der Waals surface area contributed by atoms with Gasteiger partial charge < -0.3 is 4.79 Å². The third-order valence-corrected chi connectivity index (χ3v) is 3.33. The predicted octanol–water partition coefficient (Wildman–Crippen LogP) is 1.53. The maximum Gasteiger partial charge on any atom is 0.137 e. The summed E-state index contributed by atoms with van der Waals surface area (Å²) in [6.45, 7) is 6.33. The fourth-order valence-electron chi connectivity index (χ4n) is 2.25. The largest absolute Gasteiger partial charge is 0.302 e. The third-order valence-electron chi connectivity index (χ3n) is 3.33. The molecule has 0 bridgehead atoms. The zero-order chi connectivity index (χ0) is 16.0. The monoisotopic (exact) mass is 276 g/mol. The molecule has 1 atom stereocenters. The van der Waals surface area contributed by atoms with Gasteiger partial charge in [0.2, 0.25) is 0 Å². The van der Waals surface area contributed by atoms with Crippen LogP contribution in [0.4, 0.5) is 0 Å². The molecular formula is C16H22N2O2. The number of carbonyl (C=O) groups is 1. The minimum Gasteiger partial charge on any atom is -0.302 e. The van der Waals surface area contributed by atoms with Gasteiger partial charge in [0, 0.05) is 26.2 Å². The van der Waals surface area contributed by atoms with Gasteiger partial charge in [-0.2, -0.15) is 5.06 Å². The molecule has 0 N–H and O–H groups in total. The van der Waals surface area contributed by atoms with Crippen molar-refractivity contribution in [2.24, 2.45) is 0 Å². The first kappa shape index (κ1) is 12.3. The van der Waals surface area contributed by atoms with E-state index in [0.29, 0.717) is 32.8 Å². The van der Waals surface area contributed by atoms with Gasteiger partial charge in [-0.15, -0.1) is 6.58 Å². The Morgan fingerprint density at radius 2 is 2.05 bits per heavy atom. The molecule has 1 aromatic carbocycles. The first-order chi connectivity index (χ1) is 10.6. The lowest BCUT2D eigenvalue weighted by Crippen LogP contribution is -2.51. The summed E-state index contributed by atoms with van der Waals surface area (Å²) in [7, 11) is 0. The van der Waals surface area contributed by atoms with Crippen LogP contribution in [-0.4, -0.2) is 55.0 Å². The molecule has 4 heteroatoms. The van der Waals surface area contributed by atoms with Crippen molar-refractivity contribution >= 4 is 6.26 Å². The Bertz CT molecular complexity index is 504. The van der Waals surface area contributed by atoms with Crippen LogP contribution >= 0.6 is 0 Å². The van der Waals surface area contributed by atoms with Gasteiger partial charge in [-0.1, -0.05) is 36.4 Å². The second-order valence-electron chi connectivity index (χ2n) is 4.71. The van der Waals surface area contributed by atoms with Gasteiger partial charge in [0.15, 0.2) is 0 Å². The average Bonchev–Trinajstić information content (AvgIpc) is 2.54. The van der Waals surface area contributed by atoms with E-state index in [1.807, 2.05) is 35.4 Å². The zero-order valence-corrected chi connectivity index (χ0v) is 11.6. The molecule has 1 heterocycles. The van der Waals surface area contributed by atoms with Crippen molar-refractivity contribution in [2.75, 3.05) is 32.8 Å². The number of carbonyl (C=O) groups excluding carboxylic acids is 1. The SMILES string of the molecule is [2H]C(=O)C([2H])(Cc1ccccc1)N1CCN(OCC=C)CC1. The van der Waals surface area contributed by atoms with Crippen molar-refractivity contribution < 1.29 is 12.4 Å². The van der Waals surface area contributed by atoms with E-state index in [4.69, 9.17) is 7.58 Å². The summed E-state index contributed by atoms with van der Waals surface area (Å²) >= 11 is 0. The highest BCUT2D eigenvalue weighted by Crippen LogP contribution is 2.11. The molecule has 0 aromatic heterocycles. The predicted molar refractivity (Wildman–Crippen MR) is 79.3 cm³/mol. The number of hydrogen-bond donors (Lipinski definition) is 0. The molecule has 0 saturated carbocycles. The Labute approximate surface area is 123 Å². The molecule has 1 fully saturated rings. The number of benzene rings is 1. The third kappa shape index (κ3) is 4.27. The van der Waals surface area contributed by atoms with E-state index in [-0.39, 0.29) is 6.42 Å². The van der Waals surface area contributed by atoms with Crippen LogP contribution in [0.15, 0.2) is 43.0 Å². The summed E-state index contributed by atoms with van der Waals surface area (Å²) in [6, 6.07) is 7.89. The van der Waals surface area contributed by atoms with Crippen LogP contribution in [0.5, 0.6) is 0 Å². The molecule has 0 aliphatic carbocycles. The zero-order valence-electron chi connectivity index (χ0n) is 13.6. The Morgan fingerprint density at radius 1 is 1.35 bits per heavy atom. The van der Waals surface area contributed by atoms with Crippen LogP contribution in [0.1, 0.15) is 8.30 Å². The Morgan fingerprint density at radius 3 is 2.65 bits per heavy atom. The molecule has 1 aromatic rings. The minimum absolute atomic E-state index is 0.226. The molecule has 20 heavy (non-hydrogen) atoms. The highest BCUT2D eigenvalue weighted by Gasteiger charge is 2.23. The van der Waals surface area contributed by atoms with Gasteiger partial charge in [0.25, 0.3) is 0 Å². The summed E-state index contributed by atoms with van der Waals surface area (Å²) in [5, 5.41) is 1.82. The highest BCUT2D eigenvalue weighted by atomic mass is 16.7. The standard InChI is InChI=1S/C16H22N2O2/c1-2-12-20-18-10-8-17(9-11-18)16(14-19)13-15-6-4-3-5-7-15/h2-7,14,16H,1,8-13H2/i14D,16D. The molecular weight excluding hydrogens is 252 g/mol. The number of hydroxylamine groups is 2.